The molecule has 3 heteroatoms. The van der Waals surface area contributed by atoms with Gasteiger partial charge in [-0.1, -0.05) is 6.92 Å². The molecule has 0 aromatic carbocycles. The number of ether oxygens (including phenoxy) is 1. The zero-order valence-corrected chi connectivity index (χ0v) is 9.53. The second-order valence-electron chi connectivity index (χ2n) is 3.57. The maximum absolute atomic E-state index is 5.70. The van der Waals surface area contributed by atoms with Crippen LogP contribution in [0.25, 0.3) is 0 Å². The molecule has 1 saturated carbocycles. The van der Waals surface area contributed by atoms with Gasteiger partial charge in [0.15, 0.2) is 0 Å². The Kier molecular flexibility index (Phi) is 5.83. The van der Waals surface area contributed by atoms with Crippen LogP contribution in [0.1, 0.15) is 26.2 Å². The predicted molar refractivity (Wildman–Crippen MR) is 59.4 cm³/mol. The molecular formula is C10H21NOS. The van der Waals surface area contributed by atoms with Gasteiger partial charge in [0.2, 0.25) is 0 Å². The van der Waals surface area contributed by atoms with Crippen molar-refractivity contribution < 1.29 is 4.74 Å². The van der Waals surface area contributed by atoms with E-state index in [-0.39, 0.29) is 0 Å². The maximum atomic E-state index is 5.70. The maximum Gasteiger partial charge on any atom is 0.0604 e. The van der Waals surface area contributed by atoms with E-state index in [4.69, 9.17) is 4.74 Å². The first-order valence-corrected chi connectivity index (χ1v) is 6.60. The zero-order chi connectivity index (χ0) is 9.52. The van der Waals surface area contributed by atoms with Crippen LogP contribution >= 0.6 is 11.8 Å². The standard InChI is InChI=1S/C10H21NOS/c1-3-11-9-7-10(8-9)12-5-4-6-13-2/h9-11H,3-8H2,1-2H3. The van der Waals surface area contributed by atoms with E-state index >= 15 is 0 Å². The highest BCUT2D eigenvalue weighted by Crippen LogP contribution is 2.23. The van der Waals surface area contributed by atoms with Gasteiger partial charge in [0.1, 0.15) is 0 Å². The average molecular weight is 203 g/mol. The topological polar surface area (TPSA) is 21.3 Å². The first-order valence-electron chi connectivity index (χ1n) is 5.20. The Hall–Kier alpha value is 0.270. The highest BCUT2D eigenvalue weighted by atomic mass is 32.2. The van der Waals surface area contributed by atoms with Crippen LogP contribution < -0.4 is 5.32 Å². The van der Waals surface area contributed by atoms with Gasteiger partial charge in [0.25, 0.3) is 0 Å². The number of rotatable bonds is 7. The van der Waals surface area contributed by atoms with Gasteiger partial charge in [-0.2, -0.15) is 11.8 Å². The summed E-state index contributed by atoms with van der Waals surface area (Å²) in [5.74, 6) is 1.23. The minimum Gasteiger partial charge on any atom is -0.378 e. The van der Waals surface area contributed by atoms with E-state index in [1.807, 2.05) is 11.8 Å². The van der Waals surface area contributed by atoms with Crippen LogP contribution in [0.15, 0.2) is 0 Å². The number of hydrogen-bond acceptors (Lipinski definition) is 3. The van der Waals surface area contributed by atoms with Crippen LogP contribution in [-0.2, 0) is 4.74 Å². The van der Waals surface area contributed by atoms with Crippen molar-refractivity contribution in [1.29, 1.82) is 0 Å². The van der Waals surface area contributed by atoms with Crippen molar-refractivity contribution in [3.05, 3.63) is 0 Å². The first-order chi connectivity index (χ1) is 6.36. The summed E-state index contributed by atoms with van der Waals surface area (Å²) in [5, 5.41) is 3.43. The van der Waals surface area contributed by atoms with E-state index in [1.54, 1.807) is 0 Å². The van der Waals surface area contributed by atoms with E-state index in [2.05, 4.69) is 18.5 Å². The lowest BCUT2D eigenvalue weighted by atomic mass is 9.89. The molecule has 1 aliphatic carbocycles. The number of thioether (sulfide) groups is 1. The van der Waals surface area contributed by atoms with Crippen molar-refractivity contribution in [3.63, 3.8) is 0 Å². The van der Waals surface area contributed by atoms with Gasteiger partial charge in [0, 0.05) is 12.6 Å². The Morgan fingerprint density at radius 1 is 1.46 bits per heavy atom. The average Bonchev–Trinajstić information content (AvgIpc) is 2.07. The third-order valence-electron chi connectivity index (χ3n) is 2.43. The number of nitrogens with one attached hydrogen (secondary N) is 1. The van der Waals surface area contributed by atoms with E-state index in [0.717, 1.165) is 19.2 Å². The fraction of sp³-hybridized carbons (Fsp3) is 1.00. The van der Waals surface area contributed by atoms with Crippen LogP contribution in [0.4, 0.5) is 0 Å². The molecule has 78 valence electrons. The minimum absolute atomic E-state index is 0.547. The SMILES string of the molecule is CCNC1CC(OCCCSC)C1. The predicted octanol–water partition coefficient (Wildman–Crippen LogP) is 1.90. The van der Waals surface area contributed by atoms with Crippen molar-refractivity contribution in [2.24, 2.45) is 0 Å². The zero-order valence-electron chi connectivity index (χ0n) is 8.71. The lowest BCUT2D eigenvalue weighted by Crippen LogP contribution is -2.45. The van der Waals surface area contributed by atoms with Crippen LogP contribution in [0, 0.1) is 0 Å². The molecule has 0 radical (unpaired) electrons. The Morgan fingerprint density at radius 2 is 2.23 bits per heavy atom. The molecule has 0 heterocycles. The van der Waals surface area contributed by atoms with E-state index < -0.39 is 0 Å². The van der Waals surface area contributed by atoms with Gasteiger partial charge in [-0.15, -0.1) is 0 Å². The van der Waals surface area contributed by atoms with Crippen molar-refractivity contribution in [3.8, 4) is 0 Å². The second kappa shape index (κ2) is 6.68. The van der Waals surface area contributed by atoms with E-state index in [1.165, 1.54) is 25.0 Å². The Balaban J connectivity index is 1.84. The second-order valence-corrected chi connectivity index (χ2v) is 4.55. The molecule has 0 bridgehead atoms. The van der Waals surface area contributed by atoms with Gasteiger partial charge in [0.05, 0.1) is 6.10 Å². The van der Waals surface area contributed by atoms with Gasteiger partial charge < -0.3 is 10.1 Å². The smallest absolute Gasteiger partial charge is 0.0604 e. The summed E-state index contributed by atoms with van der Waals surface area (Å²) >= 11 is 1.90. The summed E-state index contributed by atoms with van der Waals surface area (Å²) in [6.07, 6.45) is 6.32. The molecule has 0 unspecified atom stereocenters. The summed E-state index contributed by atoms with van der Waals surface area (Å²) in [4.78, 5) is 0. The quantitative estimate of drug-likeness (QED) is 0.639. The van der Waals surface area contributed by atoms with Crippen molar-refractivity contribution in [1.82, 2.24) is 5.32 Å². The van der Waals surface area contributed by atoms with Gasteiger partial charge in [-0.3, -0.25) is 0 Å². The highest BCUT2D eigenvalue weighted by Gasteiger charge is 2.28. The third-order valence-corrected chi connectivity index (χ3v) is 3.13. The Morgan fingerprint density at radius 3 is 2.85 bits per heavy atom. The van der Waals surface area contributed by atoms with Crippen molar-refractivity contribution >= 4 is 11.8 Å². The molecule has 1 aliphatic rings. The normalized spacial score (nSPS) is 27.2. The third kappa shape index (κ3) is 4.34. The molecule has 0 aromatic heterocycles. The van der Waals surface area contributed by atoms with Crippen LogP contribution in [0.5, 0.6) is 0 Å². The van der Waals surface area contributed by atoms with Gasteiger partial charge in [-0.05, 0) is 37.8 Å². The Labute approximate surface area is 85.8 Å². The lowest BCUT2D eigenvalue weighted by Gasteiger charge is -2.35. The molecular weight excluding hydrogens is 182 g/mol. The molecule has 0 aliphatic heterocycles. The first kappa shape index (κ1) is 11.3. The molecule has 2 nitrogen and oxygen atoms in total. The summed E-state index contributed by atoms with van der Waals surface area (Å²) in [7, 11) is 0. The van der Waals surface area contributed by atoms with Crippen LogP contribution in [0.3, 0.4) is 0 Å². The monoisotopic (exact) mass is 203 g/mol. The molecule has 0 amide bonds. The Bertz CT molecular complexity index is 126. The van der Waals surface area contributed by atoms with Crippen molar-refractivity contribution in [2.75, 3.05) is 25.2 Å². The fourth-order valence-corrected chi connectivity index (χ4v) is 2.02. The molecule has 0 spiro atoms. The summed E-state index contributed by atoms with van der Waals surface area (Å²) in [5.41, 5.74) is 0. The molecule has 0 atom stereocenters. The van der Waals surface area contributed by atoms with Crippen LogP contribution in [-0.4, -0.2) is 37.3 Å². The molecule has 0 saturated heterocycles. The summed E-state index contributed by atoms with van der Waals surface area (Å²) in [6.45, 7) is 4.20. The lowest BCUT2D eigenvalue weighted by molar-refractivity contribution is -0.0152. The van der Waals surface area contributed by atoms with E-state index in [0.29, 0.717) is 6.10 Å². The molecule has 0 aromatic rings. The summed E-state index contributed by atoms with van der Waals surface area (Å²) < 4.78 is 5.70. The van der Waals surface area contributed by atoms with Gasteiger partial charge in [-0.25, -0.2) is 0 Å². The fourth-order valence-electron chi connectivity index (χ4n) is 1.61. The largest absolute Gasteiger partial charge is 0.378 e. The molecule has 1 fully saturated rings. The molecule has 13 heavy (non-hydrogen) atoms. The number of hydrogen-bond donors (Lipinski definition) is 1. The van der Waals surface area contributed by atoms with Gasteiger partial charge >= 0.3 is 0 Å². The van der Waals surface area contributed by atoms with E-state index in [9.17, 15) is 0 Å². The molecule has 1 N–H and O–H groups in total. The minimum atomic E-state index is 0.547. The summed E-state index contributed by atoms with van der Waals surface area (Å²) in [6, 6.07) is 0.732. The van der Waals surface area contributed by atoms with Crippen molar-refractivity contribution in [2.45, 2.75) is 38.3 Å². The van der Waals surface area contributed by atoms with Crippen LogP contribution in [0.2, 0.25) is 0 Å². The molecule has 1 rings (SSSR count). The highest BCUT2D eigenvalue weighted by molar-refractivity contribution is 7.98.